The van der Waals surface area contributed by atoms with E-state index in [1.54, 1.807) is 12.1 Å². The smallest absolute Gasteiger partial charge is 0.335 e. The number of nitrogens with zero attached hydrogens (tertiary/aromatic N) is 1. The molecule has 0 saturated carbocycles. The number of rotatable bonds is 10. The van der Waals surface area contributed by atoms with E-state index in [1.807, 2.05) is 37.3 Å². The number of carbonyl (C=O) groups excluding carboxylic acids is 2. The Morgan fingerprint density at radius 2 is 1.43 bits per heavy atom. The van der Waals surface area contributed by atoms with Gasteiger partial charge in [-0.05, 0) is 78.0 Å². The molecule has 0 aromatic heterocycles. The highest BCUT2D eigenvalue weighted by Crippen LogP contribution is 2.55. The van der Waals surface area contributed by atoms with Crippen LogP contribution in [0.25, 0.3) is 0 Å². The van der Waals surface area contributed by atoms with Crippen LogP contribution in [0, 0.1) is 10.8 Å². The number of halogens is 1. The van der Waals surface area contributed by atoms with Crippen LogP contribution in [0.1, 0.15) is 93.3 Å². The minimum absolute atomic E-state index is 0.0596. The number of hydrogen-bond acceptors (Lipinski definition) is 6. The van der Waals surface area contributed by atoms with Crippen molar-refractivity contribution in [3.05, 3.63) is 117 Å². The second-order valence-corrected chi connectivity index (χ2v) is 15.4. The van der Waals surface area contributed by atoms with E-state index in [0.29, 0.717) is 53.7 Å². The molecule has 2 aliphatic carbocycles. The molecule has 6 rings (SSSR count). The molecule has 0 amide bonds. The summed E-state index contributed by atoms with van der Waals surface area (Å²) in [6.45, 7) is 11.6. The molecule has 0 radical (unpaired) electrons. The number of carboxylic acids is 1. The van der Waals surface area contributed by atoms with E-state index in [-0.39, 0.29) is 34.6 Å². The summed E-state index contributed by atoms with van der Waals surface area (Å²) in [5, 5.41) is 9.56. The monoisotopic (exact) mass is 681 g/mol. The lowest BCUT2D eigenvalue weighted by Gasteiger charge is -2.49. The first-order valence-corrected chi connectivity index (χ1v) is 17.4. The minimum Gasteiger partial charge on any atom is -0.490 e. The van der Waals surface area contributed by atoms with Crippen LogP contribution in [0.4, 0.5) is 0 Å². The molecule has 0 fully saturated rings. The summed E-state index contributed by atoms with van der Waals surface area (Å²) < 4.78 is 12.3. The summed E-state index contributed by atoms with van der Waals surface area (Å²) in [5.74, 6) is -0.669. The molecule has 0 saturated heterocycles. The molecule has 7 nitrogen and oxygen atoms in total. The van der Waals surface area contributed by atoms with Gasteiger partial charge in [-0.15, -0.1) is 0 Å². The summed E-state index contributed by atoms with van der Waals surface area (Å²) in [6.07, 6.45) is 3.02. The number of carbonyl (C=O) groups is 3. The molecule has 0 spiro atoms. The van der Waals surface area contributed by atoms with E-state index in [2.05, 4.69) is 44.7 Å². The van der Waals surface area contributed by atoms with Crippen molar-refractivity contribution in [3.8, 4) is 11.5 Å². The highest BCUT2D eigenvalue weighted by Gasteiger charge is 2.49. The van der Waals surface area contributed by atoms with Gasteiger partial charge in [0, 0.05) is 47.8 Å². The Bertz CT molecular complexity index is 1800. The molecule has 8 heteroatoms. The number of hydrogen-bond donors (Lipinski definition) is 1. The summed E-state index contributed by atoms with van der Waals surface area (Å²) in [5.41, 5.74) is 5.82. The Morgan fingerprint density at radius 3 is 1.98 bits per heavy atom. The number of benzene rings is 3. The van der Waals surface area contributed by atoms with Crippen LogP contribution in [0.5, 0.6) is 11.5 Å². The molecule has 0 unspecified atom stereocenters. The molecule has 49 heavy (non-hydrogen) atoms. The standard InChI is InChI=1S/C41H44ClNO6/c1-6-48-34-19-28(18-29(42)38(34)49-24-26-12-14-27(15-13-26)39(46)47)35-36-30(20-40(2,3)22-32(36)44)43(17-16-25-10-8-7-9-11-25)31-21-41(4,5)23-33(45)37(31)35/h7-15,18-19,35H,6,16-17,20-24H2,1-5H3,(H,46,47). The van der Waals surface area contributed by atoms with Gasteiger partial charge >= 0.3 is 5.97 Å². The van der Waals surface area contributed by atoms with E-state index in [4.69, 9.17) is 21.1 Å². The van der Waals surface area contributed by atoms with Gasteiger partial charge in [-0.3, -0.25) is 9.59 Å². The van der Waals surface area contributed by atoms with Gasteiger partial charge in [-0.1, -0.05) is 81.8 Å². The molecule has 3 aromatic rings. The first-order valence-electron chi connectivity index (χ1n) is 17.0. The lowest BCUT2D eigenvalue weighted by atomic mass is 9.63. The van der Waals surface area contributed by atoms with Crippen molar-refractivity contribution in [1.82, 2.24) is 4.90 Å². The summed E-state index contributed by atoms with van der Waals surface area (Å²) in [6, 6.07) is 20.5. The SMILES string of the molecule is CCOc1cc(C2C3=C(CC(C)(C)CC3=O)N(CCc3ccccc3)C3=C2C(=O)CC(C)(C)C3)cc(Cl)c1OCc1ccc(C(=O)O)cc1. The second kappa shape index (κ2) is 13.5. The van der Waals surface area contributed by atoms with Crippen LogP contribution in [-0.4, -0.2) is 40.7 Å². The van der Waals surface area contributed by atoms with Crippen molar-refractivity contribution in [2.24, 2.45) is 10.8 Å². The van der Waals surface area contributed by atoms with Crippen molar-refractivity contribution in [1.29, 1.82) is 0 Å². The minimum atomic E-state index is -0.997. The van der Waals surface area contributed by atoms with Crippen molar-refractivity contribution in [2.45, 2.75) is 79.2 Å². The summed E-state index contributed by atoms with van der Waals surface area (Å²) >= 11 is 6.99. The van der Waals surface area contributed by atoms with E-state index in [1.165, 1.54) is 17.7 Å². The molecule has 3 aromatic carbocycles. The van der Waals surface area contributed by atoms with E-state index >= 15 is 0 Å². The highest BCUT2D eigenvalue weighted by atomic mass is 35.5. The van der Waals surface area contributed by atoms with Crippen molar-refractivity contribution in [2.75, 3.05) is 13.2 Å². The average Bonchev–Trinajstić information content (AvgIpc) is 3.02. The molecule has 256 valence electrons. The van der Waals surface area contributed by atoms with Crippen molar-refractivity contribution >= 4 is 29.1 Å². The molecular weight excluding hydrogens is 638 g/mol. The molecule has 1 N–H and O–H groups in total. The van der Waals surface area contributed by atoms with Gasteiger partial charge in [0.05, 0.1) is 17.2 Å². The maximum absolute atomic E-state index is 14.3. The summed E-state index contributed by atoms with van der Waals surface area (Å²) in [7, 11) is 0. The van der Waals surface area contributed by atoms with E-state index < -0.39 is 11.9 Å². The Morgan fingerprint density at radius 1 is 0.837 bits per heavy atom. The zero-order valence-corrected chi connectivity index (χ0v) is 29.7. The Kier molecular flexibility index (Phi) is 9.51. The number of carboxylic acid groups (broad SMARTS) is 1. The predicted molar refractivity (Wildman–Crippen MR) is 190 cm³/mol. The van der Waals surface area contributed by atoms with Gasteiger partial charge < -0.3 is 19.5 Å². The van der Waals surface area contributed by atoms with Crippen LogP contribution >= 0.6 is 11.6 Å². The fraction of sp³-hybridized carbons (Fsp3) is 0.390. The number of Topliss-reactive ketones (excluding diaryl/α,β-unsaturated/α-hetero) is 2. The third kappa shape index (κ3) is 7.18. The van der Waals surface area contributed by atoms with Gasteiger partial charge in [0.2, 0.25) is 0 Å². The zero-order valence-electron chi connectivity index (χ0n) is 28.9. The second-order valence-electron chi connectivity index (χ2n) is 15.0. The number of aromatic carboxylic acids is 1. The quantitative estimate of drug-likeness (QED) is 0.228. The zero-order chi connectivity index (χ0) is 35.1. The fourth-order valence-corrected chi connectivity index (χ4v) is 7.87. The molecule has 0 bridgehead atoms. The topological polar surface area (TPSA) is 93.1 Å². The predicted octanol–water partition coefficient (Wildman–Crippen LogP) is 8.94. The summed E-state index contributed by atoms with van der Waals surface area (Å²) in [4.78, 5) is 42.2. The Labute approximate surface area is 293 Å². The highest BCUT2D eigenvalue weighted by molar-refractivity contribution is 6.32. The van der Waals surface area contributed by atoms with E-state index in [0.717, 1.165) is 41.8 Å². The van der Waals surface area contributed by atoms with Gasteiger partial charge in [0.15, 0.2) is 23.1 Å². The first kappa shape index (κ1) is 34.5. The fourth-order valence-electron chi connectivity index (χ4n) is 7.59. The number of ether oxygens (including phenoxy) is 2. The van der Waals surface area contributed by atoms with Gasteiger partial charge in [0.1, 0.15) is 6.61 Å². The third-order valence-electron chi connectivity index (χ3n) is 9.74. The maximum atomic E-state index is 14.3. The van der Waals surface area contributed by atoms with Gasteiger partial charge in [-0.2, -0.15) is 0 Å². The number of allylic oxidation sites excluding steroid dienone is 4. The van der Waals surface area contributed by atoms with Crippen LogP contribution in [0.3, 0.4) is 0 Å². The lowest BCUT2D eigenvalue weighted by Crippen LogP contribution is -2.45. The Hall–Kier alpha value is -4.36. The van der Waals surface area contributed by atoms with Crippen LogP contribution < -0.4 is 9.47 Å². The number of ketones is 2. The van der Waals surface area contributed by atoms with Gasteiger partial charge in [0.25, 0.3) is 0 Å². The van der Waals surface area contributed by atoms with Crippen molar-refractivity contribution < 1.29 is 29.0 Å². The molecule has 1 heterocycles. The van der Waals surface area contributed by atoms with Crippen molar-refractivity contribution in [3.63, 3.8) is 0 Å². The first-order chi connectivity index (χ1) is 23.3. The van der Waals surface area contributed by atoms with Crippen LogP contribution in [-0.2, 0) is 22.6 Å². The molecule has 0 atom stereocenters. The molecule has 3 aliphatic rings. The van der Waals surface area contributed by atoms with Crippen LogP contribution in [0.2, 0.25) is 5.02 Å². The van der Waals surface area contributed by atoms with E-state index in [9.17, 15) is 19.5 Å². The molecular formula is C41H44ClNO6. The average molecular weight is 682 g/mol. The lowest BCUT2D eigenvalue weighted by molar-refractivity contribution is -0.119. The van der Waals surface area contributed by atoms with Crippen LogP contribution in [0.15, 0.2) is 89.3 Å². The third-order valence-corrected chi connectivity index (χ3v) is 10.0. The Balaban J connectivity index is 1.45. The maximum Gasteiger partial charge on any atom is 0.335 e. The largest absolute Gasteiger partial charge is 0.490 e. The normalized spacial score (nSPS) is 18.7. The molecule has 1 aliphatic heterocycles. The van der Waals surface area contributed by atoms with Gasteiger partial charge in [-0.25, -0.2) is 4.79 Å².